The van der Waals surface area contributed by atoms with Gasteiger partial charge in [0.1, 0.15) is 23.1 Å². The molecule has 0 aliphatic carbocycles. The van der Waals surface area contributed by atoms with Crippen molar-refractivity contribution in [1.29, 1.82) is 0 Å². The highest BCUT2D eigenvalue weighted by Gasteiger charge is 2.04. The van der Waals surface area contributed by atoms with Crippen molar-refractivity contribution in [2.24, 2.45) is 0 Å². The lowest BCUT2D eigenvalue weighted by Crippen LogP contribution is -2.11. The Hall–Kier alpha value is -2.04. The molecule has 0 spiro atoms. The molecule has 19 heavy (non-hydrogen) atoms. The predicted octanol–water partition coefficient (Wildman–Crippen LogP) is 3.31. The molecule has 0 N–H and O–H groups in total. The van der Waals surface area contributed by atoms with E-state index in [1.165, 1.54) is 12.1 Å². The van der Waals surface area contributed by atoms with Crippen LogP contribution in [0.3, 0.4) is 0 Å². The Morgan fingerprint density at radius 3 is 1.58 bits per heavy atom. The third-order valence-electron chi connectivity index (χ3n) is 2.74. The fourth-order valence-electron chi connectivity index (χ4n) is 1.49. The van der Waals surface area contributed by atoms with E-state index in [2.05, 4.69) is 0 Å². The van der Waals surface area contributed by atoms with Gasteiger partial charge in [-0.1, -0.05) is 12.1 Å². The number of benzene rings is 2. The van der Waals surface area contributed by atoms with Crippen LogP contribution in [0.2, 0.25) is 0 Å². The minimum atomic E-state index is -0.334. The van der Waals surface area contributed by atoms with Crippen molar-refractivity contribution < 1.29 is 18.1 Å². The summed E-state index contributed by atoms with van der Waals surface area (Å²) in [6, 6.07) is 9.12. The minimum Gasteiger partial charge on any atom is -0.528 e. The molecule has 0 amide bonds. The number of hydrogen-bond donors (Lipinski definition) is 0. The van der Waals surface area contributed by atoms with Crippen molar-refractivity contribution in [1.82, 2.24) is 0 Å². The summed E-state index contributed by atoms with van der Waals surface area (Å²) >= 11 is 0. The van der Waals surface area contributed by atoms with E-state index in [1.54, 1.807) is 38.1 Å². The average Bonchev–Trinajstić information content (AvgIpc) is 2.38. The molecule has 2 aromatic rings. The molecule has 98 valence electrons. The summed E-state index contributed by atoms with van der Waals surface area (Å²) in [5.74, 6) is 0.0733. The van der Waals surface area contributed by atoms with Gasteiger partial charge in [-0.3, -0.25) is 0 Å². The summed E-state index contributed by atoms with van der Waals surface area (Å²) in [6.07, 6.45) is 0. The van der Waals surface area contributed by atoms with Gasteiger partial charge < -0.3 is 9.31 Å². The molecule has 2 nitrogen and oxygen atoms in total. The second-order valence-corrected chi connectivity index (χ2v) is 4.23. The topological polar surface area (TPSA) is 18.5 Å². The van der Waals surface area contributed by atoms with Crippen LogP contribution in [0.1, 0.15) is 11.1 Å². The van der Waals surface area contributed by atoms with Crippen LogP contribution in [0.4, 0.5) is 8.78 Å². The first-order valence-electron chi connectivity index (χ1n) is 5.84. The zero-order valence-electron chi connectivity index (χ0n) is 10.7. The van der Waals surface area contributed by atoms with Gasteiger partial charge in [0.2, 0.25) is 0 Å². The molecular formula is C14H13BF2O2. The molecule has 0 saturated carbocycles. The van der Waals surface area contributed by atoms with Crippen molar-refractivity contribution in [3.63, 3.8) is 0 Å². The van der Waals surface area contributed by atoms with E-state index in [1.807, 2.05) is 0 Å². The van der Waals surface area contributed by atoms with Gasteiger partial charge in [-0.05, 0) is 37.1 Å². The Bertz CT molecular complexity index is 536. The maximum absolute atomic E-state index is 13.3. The number of rotatable bonds is 4. The zero-order chi connectivity index (χ0) is 13.8. The first kappa shape index (κ1) is 13.4. The molecule has 5 heteroatoms. The second-order valence-electron chi connectivity index (χ2n) is 4.23. The maximum Gasteiger partial charge on any atom is 0.576 e. The first-order chi connectivity index (χ1) is 9.06. The third kappa shape index (κ3) is 3.47. The fourth-order valence-corrected chi connectivity index (χ4v) is 1.49. The molecule has 2 aromatic carbocycles. The van der Waals surface area contributed by atoms with Crippen LogP contribution in [0, 0.1) is 25.5 Å². The van der Waals surface area contributed by atoms with Gasteiger partial charge in [0.25, 0.3) is 0 Å². The molecule has 0 aliphatic rings. The maximum atomic E-state index is 13.3. The Morgan fingerprint density at radius 2 is 1.21 bits per heavy atom. The monoisotopic (exact) mass is 262 g/mol. The molecule has 2 rings (SSSR count). The van der Waals surface area contributed by atoms with Crippen molar-refractivity contribution in [2.45, 2.75) is 13.8 Å². The lowest BCUT2D eigenvalue weighted by molar-refractivity contribution is 0.453. The summed E-state index contributed by atoms with van der Waals surface area (Å²) in [4.78, 5) is 0. The molecular weight excluding hydrogens is 249 g/mol. The highest BCUT2D eigenvalue weighted by molar-refractivity contribution is 6.20. The summed E-state index contributed by atoms with van der Waals surface area (Å²) in [5, 5.41) is 0. The molecule has 0 bridgehead atoms. The van der Waals surface area contributed by atoms with E-state index in [-0.39, 0.29) is 19.3 Å². The smallest absolute Gasteiger partial charge is 0.528 e. The third-order valence-corrected chi connectivity index (χ3v) is 2.74. The lowest BCUT2D eigenvalue weighted by atomic mass is 10.2. The van der Waals surface area contributed by atoms with Gasteiger partial charge in [0, 0.05) is 12.1 Å². The minimum absolute atomic E-state index is 0.106. The quantitative estimate of drug-likeness (QED) is 0.787. The molecule has 0 atom stereocenters. The first-order valence-corrected chi connectivity index (χ1v) is 5.84. The van der Waals surface area contributed by atoms with Gasteiger partial charge in [-0.25, -0.2) is 8.78 Å². The van der Waals surface area contributed by atoms with E-state index in [0.717, 1.165) is 0 Å². The number of hydrogen-bond acceptors (Lipinski definition) is 2. The van der Waals surface area contributed by atoms with Crippen molar-refractivity contribution in [3.8, 4) is 11.5 Å². The van der Waals surface area contributed by atoms with Crippen LogP contribution in [-0.2, 0) is 0 Å². The molecule has 0 aliphatic heterocycles. The fraction of sp³-hybridized carbons (Fsp3) is 0.143. The largest absolute Gasteiger partial charge is 0.576 e. The van der Waals surface area contributed by atoms with Crippen LogP contribution >= 0.6 is 0 Å². The molecule has 0 unspecified atom stereocenters. The molecule has 0 fully saturated rings. The molecule has 0 radical (unpaired) electrons. The highest BCUT2D eigenvalue weighted by Crippen LogP contribution is 2.17. The summed E-state index contributed by atoms with van der Waals surface area (Å²) in [5.41, 5.74) is 1.10. The van der Waals surface area contributed by atoms with Crippen LogP contribution in [0.25, 0.3) is 0 Å². The van der Waals surface area contributed by atoms with E-state index in [9.17, 15) is 8.78 Å². The van der Waals surface area contributed by atoms with Gasteiger partial charge in [-0.15, -0.1) is 0 Å². The van der Waals surface area contributed by atoms with Gasteiger partial charge in [-0.2, -0.15) is 0 Å². The summed E-state index contributed by atoms with van der Waals surface area (Å²) < 4.78 is 37.0. The van der Waals surface area contributed by atoms with Crippen molar-refractivity contribution >= 4 is 7.69 Å². The van der Waals surface area contributed by atoms with E-state index < -0.39 is 0 Å². The normalized spacial score (nSPS) is 10.1. The van der Waals surface area contributed by atoms with E-state index in [4.69, 9.17) is 9.31 Å². The van der Waals surface area contributed by atoms with Gasteiger partial charge in [0.15, 0.2) is 0 Å². The van der Waals surface area contributed by atoms with Gasteiger partial charge >= 0.3 is 7.69 Å². The average molecular weight is 262 g/mol. The standard InChI is InChI=1S/C14H13BF2O2/c1-9-3-5-11(7-13(9)16)18-15-19-12-6-4-10(2)14(17)8-12/h3-8,15H,1-2H3. The SMILES string of the molecule is Cc1ccc(OBOc2ccc(C)c(F)c2)cc1F. The number of aryl methyl sites for hydroxylation is 2. The van der Waals surface area contributed by atoms with Crippen LogP contribution in [0.15, 0.2) is 36.4 Å². The molecule has 0 heterocycles. The number of halogens is 2. The van der Waals surface area contributed by atoms with Crippen LogP contribution < -0.4 is 9.31 Å². The Kier molecular flexibility index (Phi) is 4.05. The Labute approximate surface area is 111 Å². The molecule has 0 saturated heterocycles. The Balaban J connectivity index is 1.92. The van der Waals surface area contributed by atoms with Crippen LogP contribution in [0.5, 0.6) is 11.5 Å². The summed E-state index contributed by atoms with van der Waals surface area (Å²) in [7, 11) is -0.106. The highest BCUT2D eigenvalue weighted by atomic mass is 19.1. The zero-order valence-corrected chi connectivity index (χ0v) is 10.7. The lowest BCUT2D eigenvalue weighted by Gasteiger charge is -2.08. The second kappa shape index (κ2) is 5.74. The van der Waals surface area contributed by atoms with Gasteiger partial charge in [0.05, 0.1) is 0 Å². The van der Waals surface area contributed by atoms with Crippen molar-refractivity contribution in [2.75, 3.05) is 0 Å². The van der Waals surface area contributed by atoms with Crippen LogP contribution in [-0.4, -0.2) is 7.69 Å². The predicted molar refractivity (Wildman–Crippen MR) is 70.7 cm³/mol. The molecule has 0 aromatic heterocycles. The summed E-state index contributed by atoms with van der Waals surface area (Å²) in [6.45, 7) is 3.34. The van der Waals surface area contributed by atoms with Crippen molar-refractivity contribution in [3.05, 3.63) is 59.2 Å². The van der Waals surface area contributed by atoms with E-state index in [0.29, 0.717) is 22.6 Å². The van der Waals surface area contributed by atoms with E-state index >= 15 is 0 Å². The Morgan fingerprint density at radius 1 is 0.789 bits per heavy atom.